The first kappa shape index (κ1) is 21.8. The van der Waals surface area contributed by atoms with Crippen molar-refractivity contribution in [1.82, 2.24) is 0 Å². The average molecular weight is 461 g/mol. The number of hydrogen-bond donors (Lipinski definition) is 1. The lowest BCUT2D eigenvalue weighted by Crippen LogP contribution is -2.11. The van der Waals surface area contributed by atoms with Gasteiger partial charge < -0.3 is 10.2 Å². The van der Waals surface area contributed by atoms with E-state index in [1.54, 1.807) is 0 Å². The minimum absolute atomic E-state index is 0.665. The van der Waals surface area contributed by atoms with Gasteiger partial charge in [-0.15, -0.1) is 0 Å². The Balaban J connectivity index is 1.54. The van der Waals surface area contributed by atoms with Crippen molar-refractivity contribution in [2.75, 3.05) is 10.2 Å². The maximum Gasteiger partial charge on any atom is 0.0881 e. The Morgan fingerprint density at radius 1 is 0.588 bits per heavy atom. The molecule has 0 saturated carbocycles. The van der Waals surface area contributed by atoms with Crippen molar-refractivity contribution < 1.29 is 0 Å². The van der Waals surface area contributed by atoms with Crippen molar-refractivity contribution in [1.29, 1.82) is 0 Å². The van der Waals surface area contributed by atoms with Gasteiger partial charge in [-0.25, -0.2) is 0 Å². The van der Waals surface area contributed by atoms with Crippen molar-refractivity contribution in [3.63, 3.8) is 0 Å². The van der Waals surface area contributed by atoms with Crippen molar-refractivity contribution in [3.05, 3.63) is 138 Å². The first-order valence-electron chi connectivity index (χ1n) is 11.3. The van der Waals surface area contributed by atoms with Crippen LogP contribution < -0.4 is 10.2 Å². The van der Waals surface area contributed by atoms with E-state index in [2.05, 4.69) is 108 Å². The van der Waals surface area contributed by atoms with E-state index >= 15 is 0 Å². The third-order valence-corrected chi connectivity index (χ3v) is 6.14. The number of nitrogens with one attached hydrogen (secondary N) is 1. The Bertz CT molecular complexity index is 1400. The molecular formula is C31H25ClN2. The van der Waals surface area contributed by atoms with E-state index in [1.807, 2.05) is 36.4 Å². The normalized spacial score (nSPS) is 10.6. The van der Waals surface area contributed by atoms with Crippen LogP contribution >= 0.6 is 11.6 Å². The predicted octanol–water partition coefficient (Wildman–Crippen LogP) is 9.53. The lowest BCUT2D eigenvalue weighted by atomic mass is 10.1. The number of para-hydroxylation sites is 1. The molecule has 0 aliphatic rings. The third kappa shape index (κ3) is 4.68. The molecule has 34 heavy (non-hydrogen) atoms. The monoisotopic (exact) mass is 460 g/mol. The summed E-state index contributed by atoms with van der Waals surface area (Å²) in [6.07, 6.45) is 0. The minimum atomic E-state index is 0.665. The highest BCUT2D eigenvalue weighted by Crippen LogP contribution is 2.42. The second kappa shape index (κ2) is 9.86. The van der Waals surface area contributed by atoms with Gasteiger partial charge in [0.05, 0.1) is 16.4 Å². The highest BCUT2D eigenvalue weighted by atomic mass is 35.5. The predicted molar refractivity (Wildman–Crippen MR) is 146 cm³/mol. The SMILES string of the molecule is Cc1cccc(N(c2ccccc2)c2cccc(Nc3cccc(-c4ccccc4)c3)c2Cl)c1. The minimum Gasteiger partial charge on any atom is -0.354 e. The number of hydrogen-bond acceptors (Lipinski definition) is 2. The molecule has 0 bridgehead atoms. The molecule has 0 amide bonds. The van der Waals surface area contributed by atoms with E-state index in [4.69, 9.17) is 11.6 Å². The van der Waals surface area contributed by atoms with Crippen LogP contribution in [0.4, 0.5) is 28.4 Å². The number of anilines is 5. The molecule has 0 atom stereocenters. The Labute approximate surface area is 206 Å². The number of benzene rings is 5. The van der Waals surface area contributed by atoms with Crippen LogP contribution in [0, 0.1) is 6.92 Å². The third-order valence-electron chi connectivity index (χ3n) is 5.74. The van der Waals surface area contributed by atoms with Gasteiger partial charge >= 0.3 is 0 Å². The van der Waals surface area contributed by atoms with Crippen LogP contribution in [0.3, 0.4) is 0 Å². The molecule has 166 valence electrons. The van der Waals surface area contributed by atoms with E-state index in [1.165, 1.54) is 11.1 Å². The molecule has 5 rings (SSSR count). The summed E-state index contributed by atoms with van der Waals surface area (Å²) in [5.41, 5.74) is 8.42. The average Bonchev–Trinajstić information content (AvgIpc) is 2.88. The molecule has 0 aromatic heterocycles. The van der Waals surface area contributed by atoms with Crippen molar-refractivity contribution in [2.24, 2.45) is 0 Å². The second-order valence-corrected chi connectivity index (χ2v) is 8.60. The second-order valence-electron chi connectivity index (χ2n) is 8.22. The van der Waals surface area contributed by atoms with Crippen molar-refractivity contribution in [3.8, 4) is 11.1 Å². The van der Waals surface area contributed by atoms with Crippen LogP contribution in [0.15, 0.2) is 127 Å². The summed E-state index contributed by atoms with van der Waals surface area (Å²) in [5, 5.41) is 4.20. The Morgan fingerprint density at radius 2 is 1.24 bits per heavy atom. The van der Waals surface area contributed by atoms with E-state index in [-0.39, 0.29) is 0 Å². The first-order valence-corrected chi connectivity index (χ1v) is 11.7. The van der Waals surface area contributed by atoms with Crippen molar-refractivity contribution >= 4 is 40.0 Å². The molecule has 0 fully saturated rings. The number of rotatable bonds is 6. The van der Waals surface area contributed by atoms with Crippen LogP contribution in [-0.2, 0) is 0 Å². The van der Waals surface area contributed by atoms with E-state index < -0.39 is 0 Å². The van der Waals surface area contributed by atoms with Gasteiger partial charge in [-0.3, -0.25) is 0 Å². The van der Waals surface area contributed by atoms with Gasteiger partial charge in [0.2, 0.25) is 0 Å². The molecular weight excluding hydrogens is 436 g/mol. The molecule has 1 N–H and O–H groups in total. The van der Waals surface area contributed by atoms with Crippen LogP contribution in [0.5, 0.6) is 0 Å². The number of aryl methyl sites for hydroxylation is 1. The molecule has 0 saturated heterocycles. The summed E-state index contributed by atoms with van der Waals surface area (Å²) in [5.74, 6) is 0. The molecule has 0 unspecified atom stereocenters. The lowest BCUT2D eigenvalue weighted by Gasteiger charge is -2.27. The van der Waals surface area contributed by atoms with Gasteiger partial charge in [0.15, 0.2) is 0 Å². The zero-order chi connectivity index (χ0) is 23.3. The lowest BCUT2D eigenvalue weighted by molar-refractivity contribution is 1.27. The smallest absolute Gasteiger partial charge is 0.0881 e. The van der Waals surface area contributed by atoms with Crippen LogP contribution in [-0.4, -0.2) is 0 Å². The summed E-state index contributed by atoms with van der Waals surface area (Å²) >= 11 is 7.05. The van der Waals surface area contributed by atoms with Crippen LogP contribution in [0.25, 0.3) is 11.1 Å². The molecule has 0 spiro atoms. The van der Waals surface area contributed by atoms with Gasteiger partial charge in [-0.2, -0.15) is 0 Å². The van der Waals surface area contributed by atoms with E-state index in [0.717, 1.165) is 34.0 Å². The van der Waals surface area contributed by atoms with E-state index in [0.29, 0.717) is 5.02 Å². The van der Waals surface area contributed by atoms with Gasteiger partial charge in [-0.05, 0) is 72.1 Å². The molecule has 0 aliphatic heterocycles. The summed E-state index contributed by atoms with van der Waals surface area (Å²) < 4.78 is 0. The van der Waals surface area contributed by atoms with Gasteiger partial charge in [0, 0.05) is 17.1 Å². The van der Waals surface area contributed by atoms with Gasteiger partial charge in [0.1, 0.15) is 0 Å². The summed E-state index contributed by atoms with van der Waals surface area (Å²) in [6, 6.07) is 43.6. The number of nitrogens with zero attached hydrogens (tertiary/aromatic N) is 1. The zero-order valence-corrected chi connectivity index (χ0v) is 19.7. The molecule has 2 nitrogen and oxygen atoms in total. The Kier molecular flexibility index (Phi) is 6.33. The van der Waals surface area contributed by atoms with Gasteiger partial charge in [-0.1, -0.05) is 90.5 Å². The maximum atomic E-state index is 7.05. The molecule has 0 radical (unpaired) electrons. The highest BCUT2D eigenvalue weighted by molar-refractivity contribution is 6.36. The summed E-state index contributed by atoms with van der Waals surface area (Å²) in [6.45, 7) is 2.10. The molecule has 0 heterocycles. The highest BCUT2D eigenvalue weighted by Gasteiger charge is 2.17. The zero-order valence-electron chi connectivity index (χ0n) is 18.9. The largest absolute Gasteiger partial charge is 0.354 e. The first-order chi connectivity index (χ1) is 16.7. The van der Waals surface area contributed by atoms with Crippen LogP contribution in [0.1, 0.15) is 5.56 Å². The standard InChI is InChI=1S/C31H25ClN2/c1-23-11-8-18-28(21-23)34(27-16-6-3-7-17-27)30-20-10-19-29(31(30)32)33-26-15-9-14-25(22-26)24-12-4-2-5-13-24/h2-22,33H,1H3. The quantitative estimate of drug-likeness (QED) is 0.271. The summed E-state index contributed by atoms with van der Waals surface area (Å²) in [4.78, 5) is 2.20. The van der Waals surface area contributed by atoms with Crippen molar-refractivity contribution in [2.45, 2.75) is 6.92 Å². The topological polar surface area (TPSA) is 15.3 Å². The molecule has 5 aromatic rings. The molecule has 5 aromatic carbocycles. The Morgan fingerprint density at radius 3 is 2.00 bits per heavy atom. The maximum absolute atomic E-state index is 7.05. The fourth-order valence-corrected chi connectivity index (χ4v) is 4.38. The Hall–Kier alpha value is -4.01. The fourth-order valence-electron chi connectivity index (χ4n) is 4.12. The van der Waals surface area contributed by atoms with Crippen LogP contribution in [0.2, 0.25) is 5.02 Å². The van der Waals surface area contributed by atoms with Gasteiger partial charge in [0.25, 0.3) is 0 Å². The molecule has 3 heteroatoms. The fraction of sp³-hybridized carbons (Fsp3) is 0.0323. The number of halogens is 1. The molecule has 0 aliphatic carbocycles. The summed E-state index contributed by atoms with van der Waals surface area (Å²) in [7, 11) is 0. The van der Waals surface area contributed by atoms with E-state index in [9.17, 15) is 0 Å².